The van der Waals surface area contributed by atoms with Crippen LogP contribution in [-0.2, 0) is 25.2 Å². The molecule has 0 unspecified atom stereocenters. The standard InChI is InChI=1S/C23H24N4O6S/c28-20(25-11-13-26(14-12-25)34(31,32)17-6-2-1-3-7-17)16-27-21(29)23(24-22(27)30)10-15-33-19-9-5-4-8-18(19)23/h1-9H,10-16H2,(H,24,30)/t23-/m1/s1. The maximum absolute atomic E-state index is 13.3. The molecule has 2 saturated heterocycles. The Bertz CT molecular complexity index is 1240. The van der Waals surface area contributed by atoms with Crippen molar-refractivity contribution in [2.75, 3.05) is 39.3 Å². The van der Waals surface area contributed by atoms with Crippen LogP contribution < -0.4 is 10.1 Å². The Hall–Kier alpha value is -3.44. The first-order chi connectivity index (χ1) is 16.3. The second-order valence-corrected chi connectivity index (χ2v) is 10.4. The van der Waals surface area contributed by atoms with Crippen LogP contribution in [0.1, 0.15) is 12.0 Å². The van der Waals surface area contributed by atoms with Crippen LogP contribution in [0.2, 0.25) is 0 Å². The van der Waals surface area contributed by atoms with Crippen molar-refractivity contribution >= 4 is 27.9 Å². The number of benzene rings is 2. The molecule has 1 atom stereocenters. The van der Waals surface area contributed by atoms with Gasteiger partial charge in [0.25, 0.3) is 5.91 Å². The Morgan fingerprint density at radius 1 is 0.971 bits per heavy atom. The zero-order chi connectivity index (χ0) is 23.9. The number of imide groups is 1. The summed E-state index contributed by atoms with van der Waals surface area (Å²) in [5.41, 5.74) is -0.663. The lowest BCUT2D eigenvalue weighted by Crippen LogP contribution is -2.53. The number of carbonyl (C=O) groups is 3. The number of nitrogens with zero attached hydrogens (tertiary/aromatic N) is 3. The zero-order valence-electron chi connectivity index (χ0n) is 18.3. The Labute approximate surface area is 197 Å². The summed E-state index contributed by atoms with van der Waals surface area (Å²) in [6.45, 7) is 0.492. The monoisotopic (exact) mass is 484 g/mol. The van der Waals surface area contributed by atoms with Crippen LogP contribution in [0, 0.1) is 0 Å². The number of urea groups is 1. The highest BCUT2D eigenvalue weighted by atomic mass is 32.2. The number of hydrogen-bond donors (Lipinski definition) is 1. The van der Waals surface area contributed by atoms with E-state index in [0.717, 1.165) is 4.90 Å². The first kappa shape index (κ1) is 22.4. The molecule has 10 nitrogen and oxygen atoms in total. The van der Waals surface area contributed by atoms with E-state index in [1.54, 1.807) is 42.5 Å². The minimum Gasteiger partial charge on any atom is -0.493 e. The van der Waals surface area contributed by atoms with Gasteiger partial charge in [0.15, 0.2) is 5.54 Å². The SMILES string of the molecule is O=C(CN1C(=O)N[C@@]2(CCOc3ccccc32)C1=O)N1CCN(S(=O)(=O)c2ccccc2)CC1. The number of para-hydroxylation sites is 1. The second kappa shape index (κ2) is 8.41. The molecule has 0 saturated carbocycles. The lowest BCUT2D eigenvalue weighted by atomic mass is 9.84. The lowest BCUT2D eigenvalue weighted by molar-refractivity contribution is -0.140. The normalized spacial score (nSPS) is 22.9. The van der Waals surface area contributed by atoms with E-state index in [-0.39, 0.29) is 44.1 Å². The average molecular weight is 485 g/mol. The summed E-state index contributed by atoms with van der Waals surface area (Å²) in [6.07, 6.45) is 0.273. The van der Waals surface area contributed by atoms with Gasteiger partial charge in [-0.25, -0.2) is 13.2 Å². The number of sulfonamides is 1. The van der Waals surface area contributed by atoms with Gasteiger partial charge >= 0.3 is 6.03 Å². The van der Waals surface area contributed by atoms with Crippen molar-refractivity contribution in [3.8, 4) is 5.75 Å². The number of hydrogen-bond acceptors (Lipinski definition) is 6. The lowest BCUT2D eigenvalue weighted by Gasteiger charge is -2.35. The van der Waals surface area contributed by atoms with E-state index >= 15 is 0 Å². The predicted molar refractivity (Wildman–Crippen MR) is 120 cm³/mol. The van der Waals surface area contributed by atoms with Crippen LogP contribution in [0.15, 0.2) is 59.5 Å². The number of nitrogens with one attached hydrogen (secondary N) is 1. The fourth-order valence-electron chi connectivity index (χ4n) is 4.67. The fourth-order valence-corrected chi connectivity index (χ4v) is 6.11. The smallest absolute Gasteiger partial charge is 0.325 e. The van der Waals surface area contributed by atoms with Gasteiger partial charge in [0.2, 0.25) is 15.9 Å². The largest absolute Gasteiger partial charge is 0.493 e. The highest BCUT2D eigenvalue weighted by molar-refractivity contribution is 7.89. The molecule has 5 rings (SSSR count). The third-order valence-electron chi connectivity index (χ3n) is 6.52. The quantitative estimate of drug-likeness (QED) is 0.641. The predicted octanol–water partition coefficient (Wildman–Crippen LogP) is 0.749. The summed E-state index contributed by atoms with van der Waals surface area (Å²) < 4.78 is 32.6. The van der Waals surface area contributed by atoms with Crippen molar-refractivity contribution < 1.29 is 27.5 Å². The number of fused-ring (bicyclic) bond motifs is 2. The summed E-state index contributed by atoms with van der Waals surface area (Å²) >= 11 is 0. The Morgan fingerprint density at radius 3 is 2.38 bits per heavy atom. The van der Waals surface area contributed by atoms with E-state index in [0.29, 0.717) is 11.3 Å². The molecule has 0 radical (unpaired) electrons. The highest BCUT2D eigenvalue weighted by Gasteiger charge is 2.55. The zero-order valence-corrected chi connectivity index (χ0v) is 19.2. The van der Waals surface area contributed by atoms with Gasteiger partial charge in [-0.05, 0) is 18.2 Å². The van der Waals surface area contributed by atoms with Crippen LogP contribution in [0.5, 0.6) is 5.75 Å². The first-order valence-corrected chi connectivity index (χ1v) is 12.5. The molecule has 4 amide bonds. The van der Waals surface area contributed by atoms with Gasteiger partial charge in [-0.3, -0.25) is 14.5 Å². The Morgan fingerprint density at radius 2 is 1.65 bits per heavy atom. The van der Waals surface area contributed by atoms with Gasteiger partial charge in [0, 0.05) is 38.2 Å². The van der Waals surface area contributed by atoms with Crippen molar-refractivity contribution in [3.63, 3.8) is 0 Å². The van der Waals surface area contributed by atoms with Crippen LogP contribution in [0.4, 0.5) is 4.79 Å². The van der Waals surface area contributed by atoms with E-state index in [2.05, 4.69) is 5.32 Å². The molecule has 1 N–H and O–H groups in total. The van der Waals surface area contributed by atoms with Crippen molar-refractivity contribution in [2.45, 2.75) is 16.9 Å². The maximum Gasteiger partial charge on any atom is 0.325 e. The van der Waals surface area contributed by atoms with Gasteiger partial charge in [-0.2, -0.15) is 4.31 Å². The molecule has 0 aromatic heterocycles. The van der Waals surface area contributed by atoms with Crippen molar-refractivity contribution in [1.29, 1.82) is 0 Å². The molecule has 3 heterocycles. The fraction of sp³-hybridized carbons (Fsp3) is 0.348. The van der Waals surface area contributed by atoms with Gasteiger partial charge in [-0.15, -0.1) is 0 Å². The molecule has 34 heavy (non-hydrogen) atoms. The molecular formula is C23H24N4O6S. The van der Waals surface area contributed by atoms with Gasteiger partial charge in [-0.1, -0.05) is 36.4 Å². The summed E-state index contributed by atoms with van der Waals surface area (Å²) in [5.74, 6) is -0.351. The van der Waals surface area contributed by atoms with Crippen molar-refractivity contribution in [2.24, 2.45) is 0 Å². The van der Waals surface area contributed by atoms with Crippen LogP contribution in [0.3, 0.4) is 0 Å². The van der Waals surface area contributed by atoms with Gasteiger partial charge < -0.3 is 15.0 Å². The summed E-state index contributed by atoms with van der Waals surface area (Å²) in [7, 11) is -3.64. The first-order valence-electron chi connectivity index (χ1n) is 11.0. The molecule has 3 aliphatic heterocycles. The number of ether oxygens (including phenoxy) is 1. The number of carbonyl (C=O) groups excluding carboxylic acids is 3. The van der Waals surface area contributed by atoms with E-state index < -0.39 is 40.0 Å². The molecule has 2 aromatic carbocycles. The van der Waals surface area contributed by atoms with Crippen molar-refractivity contribution in [1.82, 2.24) is 19.4 Å². The van der Waals surface area contributed by atoms with Gasteiger partial charge in [0.05, 0.1) is 11.5 Å². The molecule has 0 bridgehead atoms. The summed E-state index contributed by atoms with van der Waals surface area (Å²) in [4.78, 5) is 41.6. The molecule has 11 heteroatoms. The van der Waals surface area contributed by atoms with Crippen LogP contribution in [0.25, 0.3) is 0 Å². The molecule has 3 aliphatic rings. The minimum atomic E-state index is -3.64. The topological polar surface area (TPSA) is 116 Å². The van der Waals surface area contributed by atoms with E-state index in [4.69, 9.17) is 4.74 Å². The molecule has 2 fully saturated rings. The summed E-state index contributed by atoms with van der Waals surface area (Å²) in [6, 6.07) is 14.6. The van der Waals surface area contributed by atoms with E-state index in [1.165, 1.54) is 21.3 Å². The van der Waals surface area contributed by atoms with Crippen LogP contribution in [-0.4, -0.2) is 79.7 Å². The molecule has 1 spiro atoms. The van der Waals surface area contributed by atoms with Gasteiger partial charge in [0.1, 0.15) is 12.3 Å². The molecular weight excluding hydrogens is 460 g/mol. The van der Waals surface area contributed by atoms with Crippen LogP contribution >= 0.6 is 0 Å². The van der Waals surface area contributed by atoms with E-state index in [9.17, 15) is 22.8 Å². The number of piperazine rings is 1. The molecule has 2 aromatic rings. The maximum atomic E-state index is 13.3. The number of amides is 4. The minimum absolute atomic E-state index is 0.137. The summed E-state index contributed by atoms with van der Waals surface area (Å²) in [5, 5.41) is 2.78. The average Bonchev–Trinajstić information content (AvgIpc) is 3.09. The number of rotatable bonds is 4. The van der Waals surface area contributed by atoms with Crippen molar-refractivity contribution in [3.05, 3.63) is 60.2 Å². The Balaban J connectivity index is 1.26. The molecule has 0 aliphatic carbocycles. The molecule has 178 valence electrons. The highest BCUT2D eigenvalue weighted by Crippen LogP contribution is 2.40. The second-order valence-electron chi connectivity index (χ2n) is 8.42. The van der Waals surface area contributed by atoms with E-state index in [1.807, 2.05) is 0 Å². The third-order valence-corrected chi connectivity index (χ3v) is 8.44. The third kappa shape index (κ3) is 3.61. The Kier molecular flexibility index (Phi) is 5.53.